The van der Waals surface area contributed by atoms with Gasteiger partial charge in [-0.3, -0.25) is 4.79 Å². The molecule has 1 amide bonds. The van der Waals surface area contributed by atoms with Crippen LogP contribution in [0, 0.1) is 11.6 Å². The number of aromatic nitrogens is 2. The standard InChI is InChI=1S/C11H9F2N3OS3/c1-18-10-15-16-11(20-10)19-5-9(17)14-6-2-3-7(12)8(13)4-6/h2-4H,5H2,1H3,(H,14,17). The zero-order valence-electron chi connectivity index (χ0n) is 10.2. The van der Waals surface area contributed by atoms with Crippen molar-refractivity contribution in [3.63, 3.8) is 0 Å². The fourth-order valence-electron chi connectivity index (χ4n) is 1.24. The maximum atomic E-state index is 13.0. The summed E-state index contributed by atoms with van der Waals surface area (Å²) in [6.45, 7) is 0. The molecule has 0 aliphatic heterocycles. The molecule has 2 aromatic rings. The van der Waals surface area contributed by atoms with Gasteiger partial charge < -0.3 is 5.32 Å². The number of amides is 1. The Hall–Kier alpha value is -1.19. The lowest BCUT2D eigenvalue weighted by Gasteiger charge is -2.04. The largest absolute Gasteiger partial charge is 0.325 e. The van der Waals surface area contributed by atoms with Crippen LogP contribution in [0.2, 0.25) is 0 Å². The minimum Gasteiger partial charge on any atom is -0.325 e. The lowest BCUT2D eigenvalue weighted by atomic mass is 10.3. The second kappa shape index (κ2) is 7.00. The zero-order valence-corrected chi connectivity index (χ0v) is 12.7. The predicted octanol–water partition coefficient (Wildman–Crippen LogP) is 3.27. The number of carbonyl (C=O) groups excluding carboxylic acids is 1. The minimum absolute atomic E-state index is 0.127. The Labute approximate surface area is 126 Å². The third-order valence-corrected chi connectivity index (χ3v) is 5.12. The van der Waals surface area contributed by atoms with Crippen molar-refractivity contribution in [1.29, 1.82) is 0 Å². The van der Waals surface area contributed by atoms with E-state index in [1.807, 2.05) is 6.26 Å². The van der Waals surface area contributed by atoms with Crippen molar-refractivity contribution in [2.45, 2.75) is 8.68 Å². The third kappa shape index (κ3) is 4.15. The molecule has 106 valence electrons. The minimum atomic E-state index is -0.996. The van der Waals surface area contributed by atoms with E-state index in [0.717, 1.165) is 16.5 Å². The topological polar surface area (TPSA) is 54.9 Å². The molecule has 2 rings (SSSR count). The Morgan fingerprint density at radius 2 is 2.05 bits per heavy atom. The fourth-order valence-corrected chi connectivity index (χ4v) is 3.47. The van der Waals surface area contributed by atoms with Crippen LogP contribution < -0.4 is 5.32 Å². The predicted molar refractivity (Wildman–Crippen MR) is 77.4 cm³/mol. The Bertz CT molecular complexity index is 621. The first-order valence-corrected chi connectivity index (χ1v) is 8.36. The molecule has 0 fully saturated rings. The molecule has 1 aromatic carbocycles. The molecule has 1 heterocycles. The molecule has 9 heteroatoms. The van der Waals surface area contributed by atoms with Crippen LogP contribution in [0.3, 0.4) is 0 Å². The summed E-state index contributed by atoms with van der Waals surface area (Å²) in [4.78, 5) is 11.7. The number of benzene rings is 1. The summed E-state index contributed by atoms with van der Waals surface area (Å²) in [6, 6.07) is 3.21. The van der Waals surface area contributed by atoms with Crippen LogP contribution in [0.1, 0.15) is 0 Å². The summed E-state index contributed by atoms with van der Waals surface area (Å²) in [5, 5.41) is 10.3. The average molecular weight is 333 g/mol. The lowest BCUT2D eigenvalue weighted by Crippen LogP contribution is -2.14. The second-order valence-corrected chi connectivity index (χ2v) is 6.76. The smallest absolute Gasteiger partial charge is 0.234 e. The molecular formula is C11H9F2N3OS3. The zero-order chi connectivity index (χ0) is 14.5. The lowest BCUT2D eigenvalue weighted by molar-refractivity contribution is -0.113. The van der Waals surface area contributed by atoms with Crippen LogP contribution in [-0.4, -0.2) is 28.1 Å². The van der Waals surface area contributed by atoms with Crippen molar-refractivity contribution in [3.05, 3.63) is 29.8 Å². The van der Waals surface area contributed by atoms with Crippen molar-refractivity contribution >= 4 is 46.5 Å². The number of rotatable bonds is 5. The highest BCUT2D eigenvalue weighted by atomic mass is 32.2. The summed E-state index contributed by atoms with van der Waals surface area (Å²) >= 11 is 4.13. The van der Waals surface area contributed by atoms with Gasteiger partial charge in [0, 0.05) is 11.8 Å². The number of nitrogens with zero attached hydrogens (tertiary/aromatic N) is 2. The molecule has 0 radical (unpaired) electrons. The highest BCUT2D eigenvalue weighted by Crippen LogP contribution is 2.27. The van der Waals surface area contributed by atoms with E-state index < -0.39 is 11.6 Å². The molecule has 0 spiro atoms. The van der Waals surface area contributed by atoms with Crippen LogP contribution >= 0.6 is 34.9 Å². The molecule has 0 saturated carbocycles. The SMILES string of the molecule is CSc1nnc(SCC(=O)Nc2ccc(F)c(F)c2)s1. The number of hydrogen-bond donors (Lipinski definition) is 1. The number of hydrogen-bond acceptors (Lipinski definition) is 6. The summed E-state index contributed by atoms with van der Waals surface area (Å²) in [5.41, 5.74) is 0.219. The van der Waals surface area contributed by atoms with Gasteiger partial charge in [-0.05, 0) is 18.4 Å². The first-order valence-electron chi connectivity index (χ1n) is 5.33. The highest BCUT2D eigenvalue weighted by molar-refractivity contribution is 8.03. The summed E-state index contributed by atoms with van der Waals surface area (Å²) < 4.78 is 27.2. The van der Waals surface area contributed by atoms with Gasteiger partial charge >= 0.3 is 0 Å². The first kappa shape index (κ1) is 15.2. The molecule has 0 unspecified atom stereocenters. The van der Waals surface area contributed by atoms with Crippen molar-refractivity contribution in [1.82, 2.24) is 10.2 Å². The summed E-state index contributed by atoms with van der Waals surface area (Å²) in [5.74, 6) is -2.14. The highest BCUT2D eigenvalue weighted by Gasteiger charge is 2.09. The first-order chi connectivity index (χ1) is 9.58. The van der Waals surface area contributed by atoms with Crippen molar-refractivity contribution in [2.24, 2.45) is 0 Å². The van der Waals surface area contributed by atoms with E-state index in [0.29, 0.717) is 4.34 Å². The number of anilines is 1. The quantitative estimate of drug-likeness (QED) is 0.851. The number of halogens is 2. The molecule has 0 bridgehead atoms. The van der Waals surface area contributed by atoms with E-state index in [-0.39, 0.29) is 17.3 Å². The summed E-state index contributed by atoms with van der Waals surface area (Å²) in [7, 11) is 0. The van der Waals surface area contributed by atoms with Crippen LogP contribution in [0.15, 0.2) is 26.9 Å². The van der Waals surface area contributed by atoms with Gasteiger partial charge in [-0.1, -0.05) is 34.9 Å². The second-order valence-electron chi connectivity index (χ2n) is 3.50. The van der Waals surface area contributed by atoms with Crippen molar-refractivity contribution in [2.75, 3.05) is 17.3 Å². The van der Waals surface area contributed by atoms with Crippen molar-refractivity contribution in [3.8, 4) is 0 Å². The van der Waals surface area contributed by atoms with Gasteiger partial charge in [0.05, 0.1) is 5.75 Å². The van der Waals surface area contributed by atoms with E-state index in [1.165, 1.54) is 40.9 Å². The Kier molecular flexibility index (Phi) is 5.32. The Balaban J connectivity index is 1.87. The molecule has 0 aliphatic rings. The van der Waals surface area contributed by atoms with Gasteiger partial charge in [0.1, 0.15) is 0 Å². The fraction of sp³-hybridized carbons (Fsp3) is 0.182. The van der Waals surface area contributed by atoms with Crippen molar-refractivity contribution < 1.29 is 13.6 Å². The molecular weight excluding hydrogens is 324 g/mol. The van der Waals surface area contributed by atoms with E-state index >= 15 is 0 Å². The maximum Gasteiger partial charge on any atom is 0.234 e. The van der Waals surface area contributed by atoms with Gasteiger partial charge in [-0.15, -0.1) is 10.2 Å². The van der Waals surface area contributed by atoms with Gasteiger partial charge in [0.15, 0.2) is 20.3 Å². The molecule has 0 atom stereocenters. The van der Waals surface area contributed by atoms with Gasteiger partial charge in [0.2, 0.25) is 5.91 Å². The van der Waals surface area contributed by atoms with Gasteiger partial charge in [0.25, 0.3) is 0 Å². The van der Waals surface area contributed by atoms with Crippen LogP contribution in [0.4, 0.5) is 14.5 Å². The molecule has 0 saturated heterocycles. The van der Waals surface area contributed by atoms with Gasteiger partial charge in [-0.25, -0.2) is 8.78 Å². The van der Waals surface area contributed by atoms with Crippen LogP contribution in [-0.2, 0) is 4.79 Å². The van der Waals surface area contributed by atoms with Crippen LogP contribution in [0.5, 0.6) is 0 Å². The average Bonchev–Trinajstić information content (AvgIpc) is 2.89. The maximum absolute atomic E-state index is 13.0. The molecule has 1 N–H and O–H groups in total. The molecule has 4 nitrogen and oxygen atoms in total. The Morgan fingerprint density at radius 1 is 1.30 bits per heavy atom. The monoisotopic (exact) mass is 333 g/mol. The number of carbonyl (C=O) groups is 1. The number of thioether (sulfide) groups is 2. The third-order valence-electron chi connectivity index (χ3n) is 2.09. The normalized spacial score (nSPS) is 10.6. The molecule has 1 aromatic heterocycles. The van der Waals surface area contributed by atoms with E-state index in [9.17, 15) is 13.6 Å². The summed E-state index contributed by atoms with van der Waals surface area (Å²) in [6.07, 6.45) is 1.89. The van der Waals surface area contributed by atoms with Crippen LogP contribution in [0.25, 0.3) is 0 Å². The van der Waals surface area contributed by atoms with E-state index in [4.69, 9.17) is 0 Å². The molecule has 20 heavy (non-hydrogen) atoms. The Morgan fingerprint density at radius 3 is 2.70 bits per heavy atom. The molecule has 0 aliphatic carbocycles. The van der Waals surface area contributed by atoms with Gasteiger partial charge in [-0.2, -0.15) is 0 Å². The van der Waals surface area contributed by atoms with E-state index in [2.05, 4.69) is 15.5 Å². The number of nitrogens with one attached hydrogen (secondary N) is 1. The van der Waals surface area contributed by atoms with E-state index in [1.54, 1.807) is 0 Å².